The Hall–Kier alpha value is -2.43. The lowest BCUT2D eigenvalue weighted by Crippen LogP contribution is -2.40. The predicted octanol–water partition coefficient (Wildman–Crippen LogP) is 3.06. The van der Waals surface area contributed by atoms with E-state index in [-0.39, 0.29) is 11.4 Å². The van der Waals surface area contributed by atoms with E-state index in [1.807, 2.05) is 52.0 Å². The molecule has 5 heteroatoms. The van der Waals surface area contributed by atoms with Crippen molar-refractivity contribution in [3.63, 3.8) is 0 Å². The number of amides is 1. The van der Waals surface area contributed by atoms with Gasteiger partial charge in [0.15, 0.2) is 0 Å². The molecule has 1 aromatic carbocycles. The third kappa shape index (κ3) is 4.56. The normalized spacial score (nSPS) is 11.0. The molecule has 0 saturated heterocycles. The molecule has 5 nitrogen and oxygen atoms in total. The number of nitrogens with one attached hydrogen (secondary N) is 2. The first-order chi connectivity index (χ1) is 9.83. The van der Waals surface area contributed by atoms with Crippen LogP contribution in [0, 0.1) is 6.92 Å². The highest BCUT2D eigenvalue weighted by molar-refractivity contribution is 5.94. The van der Waals surface area contributed by atoms with Gasteiger partial charge in [0.2, 0.25) is 5.95 Å². The van der Waals surface area contributed by atoms with Crippen LogP contribution in [0.3, 0.4) is 0 Å². The van der Waals surface area contributed by atoms with Crippen LogP contribution in [0.4, 0.5) is 11.6 Å². The lowest BCUT2D eigenvalue weighted by atomic mass is 10.1. The average Bonchev–Trinajstić information content (AvgIpc) is 2.40. The molecule has 110 valence electrons. The Balaban J connectivity index is 2.05. The molecule has 21 heavy (non-hydrogen) atoms. The van der Waals surface area contributed by atoms with Gasteiger partial charge >= 0.3 is 0 Å². The summed E-state index contributed by atoms with van der Waals surface area (Å²) in [6, 6.07) is 7.93. The standard InChI is InChI=1S/C16H20N4O/c1-11-5-7-13(8-6-11)19-15-17-9-12(10-18-15)14(21)20-16(2,3)4/h5-10H,1-4H3,(H,20,21)(H,17,18,19). The minimum atomic E-state index is -0.282. The maximum Gasteiger partial charge on any atom is 0.254 e. The molecular formula is C16H20N4O. The summed E-state index contributed by atoms with van der Waals surface area (Å²) in [6.45, 7) is 7.82. The number of hydrogen-bond acceptors (Lipinski definition) is 4. The molecule has 1 amide bonds. The fourth-order valence-electron chi connectivity index (χ4n) is 1.69. The molecule has 0 spiro atoms. The fourth-order valence-corrected chi connectivity index (χ4v) is 1.69. The number of aromatic nitrogens is 2. The van der Waals surface area contributed by atoms with Crippen molar-refractivity contribution in [3.05, 3.63) is 47.8 Å². The summed E-state index contributed by atoms with van der Waals surface area (Å²) in [6.07, 6.45) is 3.04. The van der Waals surface area contributed by atoms with Crippen molar-refractivity contribution in [3.8, 4) is 0 Å². The van der Waals surface area contributed by atoms with Gasteiger partial charge in [0, 0.05) is 23.6 Å². The molecular weight excluding hydrogens is 264 g/mol. The summed E-state index contributed by atoms with van der Waals surface area (Å²) in [5, 5.41) is 5.96. The molecule has 1 aromatic heterocycles. The van der Waals surface area contributed by atoms with Crippen molar-refractivity contribution in [1.29, 1.82) is 0 Å². The van der Waals surface area contributed by atoms with E-state index in [1.165, 1.54) is 18.0 Å². The number of nitrogens with zero attached hydrogens (tertiary/aromatic N) is 2. The highest BCUT2D eigenvalue weighted by Crippen LogP contribution is 2.13. The van der Waals surface area contributed by atoms with Gasteiger partial charge in [-0.15, -0.1) is 0 Å². The van der Waals surface area contributed by atoms with E-state index in [2.05, 4.69) is 20.6 Å². The number of benzene rings is 1. The van der Waals surface area contributed by atoms with Crippen molar-refractivity contribution >= 4 is 17.5 Å². The predicted molar refractivity (Wildman–Crippen MR) is 83.7 cm³/mol. The number of carbonyl (C=O) groups excluding carboxylic acids is 1. The van der Waals surface area contributed by atoms with Gasteiger partial charge in [-0.1, -0.05) is 17.7 Å². The van der Waals surface area contributed by atoms with Crippen LogP contribution < -0.4 is 10.6 Å². The molecule has 0 fully saturated rings. The van der Waals surface area contributed by atoms with Gasteiger partial charge < -0.3 is 10.6 Å². The topological polar surface area (TPSA) is 66.9 Å². The van der Waals surface area contributed by atoms with E-state index in [9.17, 15) is 4.79 Å². The Morgan fingerprint density at radius 3 is 2.14 bits per heavy atom. The molecule has 0 aliphatic heterocycles. The molecule has 0 bridgehead atoms. The van der Waals surface area contributed by atoms with Gasteiger partial charge in [0.25, 0.3) is 5.91 Å². The number of aryl methyl sites for hydroxylation is 1. The molecule has 2 N–H and O–H groups in total. The number of anilines is 2. The Bertz CT molecular complexity index is 612. The first-order valence-corrected chi connectivity index (χ1v) is 6.82. The van der Waals surface area contributed by atoms with Crippen LogP contribution in [-0.2, 0) is 0 Å². The van der Waals surface area contributed by atoms with Gasteiger partial charge in [0.05, 0.1) is 5.56 Å². The number of rotatable bonds is 3. The fraction of sp³-hybridized carbons (Fsp3) is 0.312. The first kappa shape index (κ1) is 15.0. The summed E-state index contributed by atoms with van der Waals surface area (Å²) >= 11 is 0. The molecule has 2 aromatic rings. The monoisotopic (exact) mass is 284 g/mol. The second kappa shape index (κ2) is 5.91. The van der Waals surface area contributed by atoms with Gasteiger partial charge in [-0.3, -0.25) is 4.79 Å². The van der Waals surface area contributed by atoms with Crippen LogP contribution in [0.5, 0.6) is 0 Å². The minimum Gasteiger partial charge on any atom is -0.347 e. The smallest absolute Gasteiger partial charge is 0.254 e. The zero-order chi connectivity index (χ0) is 15.5. The Morgan fingerprint density at radius 1 is 1.05 bits per heavy atom. The van der Waals surface area contributed by atoms with Gasteiger partial charge in [-0.2, -0.15) is 0 Å². The Morgan fingerprint density at radius 2 is 1.62 bits per heavy atom. The van der Waals surface area contributed by atoms with Crippen LogP contribution in [0.25, 0.3) is 0 Å². The largest absolute Gasteiger partial charge is 0.347 e. The highest BCUT2D eigenvalue weighted by atomic mass is 16.1. The Labute approximate surface area is 124 Å². The van der Waals surface area contributed by atoms with E-state index in [4.69, 9.17) is 0 Å². The van der Waals surface area contributed by atoms with E-state index in [1.54, 1.807) is 0 Å². The van der Waals surface area contributed by atoms with Crippen LogP contribution in [0.15, 0.2) is 36.7 Å². The third-order valence-electron chi connectivity index (χ3n) is 2.71. The second-order valence-electron chi connectivity index (χ2n) is 5.99. The minimum absolute atomic E-state index is 0.176. The molecule has 0 atom stereocenters. The highest BCUT2D eigenvalue weighted by Gasteiger charge is 2.15. The SMILES string of the molecule is Cc1ccc(Nc2ncc(C(=O)NC(C)(C)C)cn2)cc1. The van der Waals surface area contributed by atoms with Gasteiger partial charge in [-0.25, -0.2) is 9.97 Å². The average molecular weight is 284 g/mol. The molecule has 0 aliphatic carbocycles. The van der Waals surface area contributed by atoms with E-state index < -0.39 is 0 Å². The molecule has 2 rings (SSSR count). The zero-order valence-corrected chi connectivity index (χ0v) is 12.8. The van der Waals surface area contributed by atoms with Crippen LogP contribution in [-0.4, -0.2) is 21.4 Å². The lowest BCUT2D eigenvalue weighted by molar-refractivity contribution is 0.0919. The quantitative estimate of drug-likeness (QED) is 0.909. The number of hydrogen-bond donors (Lipinski definition) is 2. The molecule has 0 unspecified atom stereocenters. The van der Waals surface area contributed by atoms with Crippen molar-refractivity contribution in [2.45, 2.75) is 33.2 Å². The molecule has 0 aliphatic rings. The maximum atomic E-state index is 12.0. The maximum absolute atomic E-state index is 12.0. The van der Waals surface area contributed by atoms with Crippen molar-refractivity contribution in [1.82, 2.24) is 15.3 Å². The first-order valence-electron chi connectivity index (χ1n) is 6.82. The van der Waals surface area contributed by atoms with Gasteiger partial charge in [-0.05, 0) is 39.8 Å². The molecule has 1 heterocycles. The summed E-state index contributed by atoms with van der Waals surface area (Å²) in [5.74, 6) is 0.288. The zero-order valence-electron chi connectivity index (χ0n) is 12.8. The van der Waals surface area contributed by atoms with Crippen LogP contribution in [0.1, 0.15) is 36.7 Å². The lowest BCUT2D eigenvalue weighted by Gasteiger charge is -2.20. The second-order valence-corrected chi connectivity index (χ2v) is 5.99. The van der Waals surface area contributed by atoms with Crippen molar-refractivity contribution in [2.24, 2.45) is 0 Å². The van der Waals surface area contributed by atoms with E-state index in [0.29, 0.717) is 11.5 Å². The number of carbonyl (C=O) groups is 1. The summed E-state index contributed by atoms with van der Waals surface area (Å²) in [7, 11) is 0. The molecule has 0 radical (unpaired) electrons. The Kier molecular flexibility index (Phi) is 4.21. The third-order valence-corrected chi connectivity index (χ3v) is 2.71. The van der Waals surface area contributed by atoms with Crippen molar-refractivity contribution in [2.75, 3.05) is 5.32 Å². The molecule has 0 saturated carbocycles. The summed E-state index contributed by atoms with van der Waals surface area (Å²) in [4.78, 5) is 20.3. The van der Waals surface area contributed by atoms with Crippen molar-refractivity contribution < 1.29 is 4.79 Å². The van der Waals surface area contributed by atoms with E-state index in [0.717, 1.165) is 5.69 Å². The van der Waals surface area contributed by atoms with E-state index >= 15 is 0 Å². The summed E-state index contributed by atoms with van der Waals surface area (Å²) in [5.41, 5.74) is 2.26. The van der Waals surface area contributed by atoms with Crippen LogP contribution in [0.2, 0.25) is 0 Å². The van der Waals surface area contributed by atoms with Crippen LogP contribution >= 0.6 is 0 Å². The van der Waals surface area contributed by atoms with Gasteiger partial charge in [0.1, 0.15) is 0 Å². The summed E-state index contributed by atoms with van der Waals surface area (Å²) < 4.78 is 0.